The molecule has 0 N–H and O–H groups in total. The average molecular weight is 396 g/mol. The van der Waals surface area contributed by atoms with Gasteiger partial charge in [0.25, 0.3) is 0 Å². The Morgan fingerprint density at radius 1 is 0.900 bits per heavy atom. The molecule has 4 nitrogen and oxygen atoms in total. The fourth-order valence-corrected chi connectivity index (χ4v) is 3.95. The van der Waals surface area contributed by atoms with Crippen molar-refractivity contribution >= 4 is 11.5 Å². The van der Waals surface area contributed by atoms with E-state index < -0.39 is 0 Å². The summed E-state index contributed by atoms with van der Waals surface area (Å²) in [7, 11) is 0. The van der Waals surface area contributed by atoms with E-state index in [0.29, 0.717) is 5.56 Å². The van der Waals surface area contributed by atoms with Crippen molar-refractivity contribution in [3.8, 4) is 17.2 Å². The van der Waals surface area contributed by atoms with Gasteiger partial charge in [-0.2, -0.15) is 5.26 Å². The zero-order valence-electron chi connectivity index (χ0n) is 17.2. The molecule has 3 aromatic rings. The van der Waals surface area contributed by atoms with E-state index in [4.69, 9.17) is 0 Å². The Hall–Kier alpha value is -3.42. The number of piperazine rings is 1. The third-order valence-corrected chi connectivity index (χ3v) is 5.73. The SMILES string of the molecule is CC(=O)c1ccc(N2CCN(Cc3ccc(-c4ccccc4C#N)cc3)CC2)cc1. The van der Waals surface area contributed by atoms with Gasteiger partial charge in [-0.25, -0.2) is 0 Å². The van der Waals surface area contributed by atoms with Crippen LogP contribution in [0.5, 0.6) is 0 Å². The van der Waals surface area contributed by atoms with Gasteiger partial charge in [0.15, 0.2) is 5.78 Å². The molecule has 0 unspecified atom stereocenters. The summed E-state index contributed by atoms with van der Waals surface area (Å²) in [5.41, 5.74) is 5.99. The lowest BCUT2D eigenvalue weighted by atomic mass is 9.99. The maximum Gasteiger partial charge on any atom is 0.159 e. The van der Waals surface area contributed by atoms with Gasteiger partial charge in [0, 0.05) is 44.0 Å². The number of nitrogens with zero attached hydrogens (tertiary/aromatic N) is 3. The molecule has 4 rings (SSSR count). The fraction of sp³-hybridized carbons (Fsp3) is 0.231. The van der Waals surface area contributed by atoms with Crippen molar-refractivity contribution in [2.45, 2.75) is 13.5 Å². The molecule has 1 aliphatic heterocycles. The van der Waals surface area contributed by atoms with Crippen LogP contribution in [-0.2, 0) is 6.54 Å². The second kappa shape index (κ2) is 8.94. The zero-order valence-corrected chi connectivity index (χ0v) is 17.2. The van der Waals surface area contributed by atoms with Crippen molar-refractivity contribution in [2.75, 3.05) is 31.1 Å². The van der Waals surface area contributed by atoms with Gasteiger partial charge in [0.05, 0.1) is 11.6 Å². The molecule has 0 amide bonds. The van der Waals surface area contributed by atoms with Gasteiger partial charge in [-0.1, -0.05) is 42.5 Å². The third-order valence-electron chi connectivity index (χ3n) is 5.73. The van der Waals surface area contributed by atoms with Gasteiger partial charge in [-0.3, -0.25) is 9.69 Å². The van der Waals surface area contributed by atoms with E-state index in [1.165, 1.54) is 11.3 Å². The molecule has 0 atom stereocenters. The van der Waals surface area contributed by atoms with E-state index in [1.54, 1.807) is 6.92 Å². The lowest BCUT2D eigenvalue weighted by molar-refractivity contribution is 0.101. The van der Waals surface area contributed by atoms with Crippen molar-refractivity contribution in [2.24, 2.45) is 0 Å². The molecular weight excluding hydrogens is 370 g/mol. The highest BCUT2D eigenvalue weighted by Crippen LogP contribution is 2.24. The Labute approximate surface area is 178 Å². The molecule has 0 radical (unpaired) electrons. The van der Waals surface area contributed by atoms with Crippen LogP contribution in [0.1, 0.15) is 28.4 Å². The molecule has 1 fully saturated rings. The predicted molar refractivity (Wildman–Crippen MR) is 121 cm³/mol. The minimum Gasteiger partial charge on any atom is -0.369 e. The summed E-state index contributed by atoms with van der Waals surface area (Å²) in [6.45, 7) is 6.50. The van der Waals surface area contributed by atoms with Crippen molar-refractivity contribution in [1.82, 2.24) is 4.90 Å². The van der Waals surface area contributed by atoms with E-state index >= 15 is 0 Å². The van der Waals surface area contributed by atoms with E-state index in [9.17, 15) is 10.1 Å². The molecule has 1 heterocycles. The summed E-state index contributed by atoms with van der Waals surface area (Å²) in [6.07, 6.45) is 0. The number of anilines is 1. The molecule has 0 saturated carbocycles. The number of Topliss-reactive ketones (excluding diaryl/α,β-unsaturated/α-hetero) is 1. The first-order chi connectivity index (χ1) is 14.6. The predicted octanol–water partition coefficient (Wildman–Crippen LogP) is 4.75. The first-order valence-electron chi connectivity index (χ1n) is 10.3. The third kappa shape index (κ3) is 4.42. The maximum atomic E-state index is 11.4. The van der Waals surface area contributed by atoms with Crippen LogP contribution < -0.4 is 4.90 Å². The number of ketones is 1. The molecule has 3 aromatic carbocycles. The molecule has 0 spiro atoms. The summed E-state index contributed by atoms with van der Waals surface area (Å²) in [6, 6.07) is 26.5. The van der Waals surface area contributed by atoms with Crippen molar-refractivity contribution in [3.05, 3.63) is 89.5 Å². The molecule has 0 bridgehead atoms. The minimum atomic E-state index is 0.105. The van der Waals surface area contributed by atoms with Crippen LogP contribution in [0.2, 0.25) is 0 Å². The molecule has 1 saturated heterocycles. The van der Waals surface area contributed by atoms with E-state index in [-0.39, 0.29) is 5.78 Å². The van der Waals surface area contributed by atoms with Gasteiger partial charge in [0.1, 0.15) is 0 Å². The number of nitriles is 1. The Morgan fingerprint density at radius 2 is 1.57 bits per heavy atom. The number of benzene rings is 3. The van der Waals surface area contributed by atoms with Crippen LogP contribution in [0, 0.1) is 11.3 Å². The second-order valence-corrected chi connectivity index (χ2v) is 7.72. The molecule has 30 heavy (non-hydrogen) atoms. The second-order valence-electron chi connectivity index (χ2n) is 7.72. The Balaban J connectivity index is 1.35. The van der Waals surface area contributed by atoms with Crippen LogP contribution in [-0.4, -0.2) is 36.9 Å². The van der Waals surface area contributed by atoms with Gasteiger partial charge in [-0.15, -0.1) is 0 Å². The summed E-state index contributed by atoms with van der Waals surface area (Å²) in [4.78, 5) is 16.3. The topological polar surface area (TPSA) is 47.3 Å². The molecule has 0 aromatic heterocycles. The smallest absolute Gasteiger partial charge is 0.159 e. The fourth-order valence-electron chi connectivity index (χ4n) is 3.95. The molecule has 0 aliphatic carbocycles. The Morgan fingerprint density at radius 3 is 2.20 bits per heavy atom. The number of rotatable bonds is 5. The van der Waals surface area contributed by atoms with Crippen molar-refractivity contribution in [3.63, 3.8) is 0 Å². The zero-order chi connectivity index (χ0) is 20.9. The average Bonchev–Trinajstić information content (AvgIpc) is 2.80. The van der Waals surface area contributed by atoms with Crippen LogP contribution in [0.3, 0.4) is 0 Å². The lowest BCUT2D eigenvalue weighted by Gasteiger charge is -2.36. The highest BCUT2D eigenvalue weighted by Gasteiger charge is 2.17. The first kappa shape index (κ1) is 19.9. The van der Waals surface area contributed by atoms with Crippen LogP contribution in [0.15, 0.2) is 72.8 Å². The summed E-state index contributed by atoms with van der Waals surface area (Å²) < 4.78 is 0. The standard InChI is InChI=1S/C26H25N3O/c1-20(30)22-10-12-25(13-11-22)29-16-14-28(15-17-29)19-21-6-8-23(9-7-21)26-5-3-2-4-24(26)18-27/h2-13H,14-17,19H2,1H3. The number of hydrogen-bond acceptors (Lipinski definition) is 4. The van der Waals surface area contributed by atoms with Crippen LogP contribution in [0.4, 0.5) is 5.69 Å². The van der Waals surface area contributed by atoms with E-state index in [0.717, 1.165) is 49.4 Å². The van der Waals surface area contributed by atoms with Crippen molar-refractivity contribution in [1.29, 1.82) is 5.26 Å². The van der Waals surface area contributed by atoms with Gasteiger partial charge >= 0.3 is 0 Å². The summed E-state index contributed by atoms with van der Waals surface area (Å²) >= 11 is 0. The van der Waals surface area contributed by atoms with Crippen LogP contribution >= 0.6 is 0 Å². The normalized spacial score (nSPS) is 14.3. The number of hydrogen-bond donors (Lipinski definition) is 0. The number of carbonyl (C=O) groups is 1. The van der Waals surface area contributed by atoms with Crippen LogP contribution in [0.25, 0.3) is 11.1 Å². The van der Waals surface area contributed by atoms with E-state index in [2.05, 4.69) is 40.1 Å². The summed E-state index contributed by atoms with van der Waals surface area (Å²) in [5.74, 6) is 0.105. The Bertz CT molecular complexity index is 1060. The number of carbonyl (C=O) groups excluding carboxylic acids is 1. The Kier molecular flexibility index (Phi) is 5.92. The molecular formula is C26H25N3O. The highest BCUT2D eigenvalue weighted by molar-refractivity contribution is 5.94. The minimum absolute atomic E-state index is 0.105. The van der Waals surface area contributed by atoms with Crippen molar-refractivity contribution < 1.29 is 4.79 Å². The van der Waals surface area contributed by atoms with Gasteiger partial charge in [-0.05, 0) is 53.9 Å². The molecule has 150 valence electrons. The largest absolute Gasteiger partial charge is 0.369 e. The first-order valence-corrected chi connectivity index (χ1v) is 10.3. The maximum absolute atomic E-state index is 11.4. The van der Waals surface area contributed by atoms with E-state index in [1.807, 2.05) is 48.5 Å². The quantitative estimate of drug-likeness (QED) is 0.585. The molecule has 1 aliphatic rings. The van der Waals surface area contributed by atoms with Gasteiger partial charge < -0.3 is 4.90 Å². The van der Waals surface area contributed by atoms with Gasteiger partial charge in [0.2, 0.25) is 0 Å². The lowest BCUT2D eigenvalue weighted by Crippen LogP contribution is -2.45. The molecule has 4 heteroatoms. The summed E-state index contributed by atoms with van der Waals surface area (Å²) in [5, 5.41) is 9.32. The highest BCUT2D eigenvalue weighted by atomic mass is 16.1. The monoisotopic (exact) mass is 395 g/mol.